The zero-order valence-electron chi connectivity index (χ0n) is 16.3. The Balaban J connectivity index is 1.67. The second-order valence-corrected chi connectivity index (χ2v) is 6.48. The highest BCUT2D eigenvalue weighted by Gasteiger charge is 2.22. The lowest BCUT2D eigenvalue weighted by atomic mass is 10.1. The van der Waals surface area contributed by atoms with Crippen molar-refractivity contribution in [3.63, 3.8) is 0 Å². The maximum absolute atomic E-state index is 13.6. The van der Waals surface area contributed by atoms with Crippen LogP contribution >= 0.6 is 0 Å². The van der Waals surface area contributed by atoms with Gasteiger partial charge in [-0.1, -0.05) is 18.2 Å². The van der Waals surface area contributed by atoms with Gasteiger partial charge in [-0.3, -0.25) is 9.59 Å². The minimum Gasteiger partial charge on any atom is -0.459 e. The van der Waals surface area contributed by atoms with Crippen LogP contribution in [-0.4, -0.2) is 23.9 Å². The number of hydrogen-bond acceptors (Lipinski definition) is 5. The first-order valence-corrected chi connectivity index (χ1v) is 9.07. The third kappa shape index (κ3) is 4.91. The lowest BCUT2D eigenvalue weighted by Crippen LogP contribution is -2.30. The van der Waals surface area contributed by atoms with Gasteiger partial charge in [-0.25, -0.2) is 9.18 Å². The van der Waals surface area contributed by atoms with Gasteiger partial charge in [-0.05, 0) is 55.8 Å². The number of amides is 2. The lowest BCUT2D eigenvalue weighted by molar-refractivity contribution is -0.123. The fourth-order valence-corrected chi connectivity index (χ4v) is 2.55. The van der Waals surface area contributed by atoms with Gasteiger partial charge in [0.1, 0.15) is 5.82 Å². The van der Waals surface area contributed by atoms with Gasteiger partial charge in [0.25, 0.3) is 11.8 Å². The molecule has 3 aromatic rings. The van der Waals surface area contributed by atoms with Crippen LogP contribution in [-0.2, 0) is 9.53 Å². The van der Waals surface area contributed by atoms with Crippen molar-refractivity contribution >= 4 is 29.2 Å². The Morgan fingerprint density at radius 3 is 2.50 bits per heavy atom. The molecule has 0 radical (unpaired) electrons. The summed E-state index contributed by atoms with van der Waals surface area (Å²) in [7, 11) is 0. The highest BCUT2D eigenvalue weighted by molar-refractivity contribution is 6.07. The summed E-state index contributed by atoms with van der Waals surface area (Å²) in [6, 6.07) is 13.5. The van der Waals surface area contributed by atoms with Gasteiger partial charge in [-0.2, -0.15) is 0 Å². The summed E-state index contributed by atoms with van der Waals surface area (Å²) >= 11 is 0. The van der Waals surface area contributed by atoms with Crippen molar-refractivity contribution in [3.8, 4) is 0 Å². The molecule has 0 spiro atoms. The zero-order chi connectivity index (χ0) is 21.7. The van der Waals surface area contributed by atoms with Crippen LogP contribution in [0.2, 0.25) is 0 Å². The summed E-state index contributed by atoms with van der Waals surface area (Å²) in [5.41, 5.74) is 0.966. The number of benzene rings is 2. The van der Waals surface area contributed by atoms with E-state index in [4.69, 9.17) is 9.15 Å². The monoisotopic (exact) mass is 410 g/mol. The Kier molecular flexibility index (Phi) is 6.26. The zero-order valence-corrected chi connectivity index (χ0v) is 16.3. The molecule has 154 valence electrons. The second-order valence-electron chi connectivity index (χ2n) is 6.48. The van der Waals surface area contributed by atoms with Crippen molar-refractivity contribution in [2.75, 3.05) is 10.6 Å². The summed E-state index contributed by atoms with van der Waals surface area (Å²) in [4.78, 5) is 37.0. The molecule has 0 fully saturated rings. The molecule has 8 heteroatoms. The van der Waals surface area contributed by atoms with E-state index in [-0.39, 0.29) is 22.7 Å². The molecular formula is C22H19FN2O5. The Bertz CT molecular complexity index is 1080. The molecule has 30 heavy (non-hydrogen) atoms. The minimum absolute atomic E-state index is 0.0680. The Morgan fingerprint density at radius 1 is 1.03 bits per heavy atom. The number of rotatable bonds is 6. The molecule has 2 amide bonds. The third-order valence-electron chi connectivity index (χ3n) is 4.23. The molecule has 1 atom stereocenters. The van der Waals surface area contributed by atoms with E-state index in [2.05, 4.69) is 10.6 Å². The van der Waals surface area contributed by atoms with Crippen molar-refractivity contribution in [1.82, 2.24) is 0 Å². The summed E-state index contributed by atoms with van der Waals surface area (Å²) in [6.07, 6.45) is 0.200. The van der Waals surface area contributed by atoms with Crippen LogP contribution in [0.25, 0.3) is 0 Å². The number of nitrogens with one attached hydrogen (secondary N) is 2. The maximum Gasteiger partial charge on any atom is 0.341 e. The Labute approximate surface area is 171 Å². The average molecular weight is 410 g/mol. The number of halogens is 1. The fraction of sp³-hybridized carbons (Fsp3) is 0.136. The number of carbonyl (C=O) groups is 3. The first-order valence-electron chi connectivity index (χ1n) is 9.07. The number of hydrogen-bond donors (Lipinski definition) is 2. The van der Waals surface area contributed by atoms with E-state index in [9.17, 15) is 18.8 Å². The van der Waals surface area contributed by atoms with Gasteiger partial charge < -0.3 is 19.8 Å². The van der Waals surface area contributed by atoms with E-state index < -0.39 is 29.7 Å². The standard InChI is InChI=1S/C22H19FN2O5/c1-13-9-10-15(12-17(13)23)24-20(26)14(2)30-22(28)16-6-3-4-7-18(16)25-21(27)19-8-5-11-29-19/h3-12,14H,1-2H3,(H,24,26)(H,25,27)/t14-/m1/s1. The maximum atomic E-state index is 13.6. The van der Waals surface area contributed by atoms with Crippen LogP contribution in [0.4, 0.5) is 15.8 Å². The summed E-state index contributed by atoms with van der Waals surface area (Å²) < 4.78 is 23.9. The predicted octanol–water partition coefficient (Wildman–Crippen LogP) is 4.16. The number of aryl methyl sites for hydroxylation is 1. The number of carbonyl (C=O) groups excluding carboxylic acids is 3. The highest BCUT2D eigenvalue weighted by Crippen LogP contribution is 2.19. The fourth-order valence-electron chi connectivity index (χ4n) is 2.55. The first kappa shape index (κ1) is 20.8. The Hall–Kier alpha value is -3.94. The molecule has 0 saturated carbocycles. The van der Waals surface area contributed by atoms with Crippen LogP contribution in [0.15, 0.2) is 65.3 Å². The molecule has 1 heterocycles. The number of anilines is 2. The lowest BCUT2D eigenvalue weighted by Gasteiger charge is -2.15. The molecular weight excluding hydrogens is 391 g/mol. The topological polar surface area (TPSA) is 97.6 Å². The first-order chi connectivity index (χ1) is 14.3. The normalized spacial score (nSPS) is 11.4. The van der Waals surface area contributed by atoms with E-state index in [1.807, 2.05) is 0 Å². The van der Waals surface area contributed by atoms with E-state index in [0.29, 0.717) is 5.56 Å². The molecule has 7 nitrogen and oxygen atoms in total. The predicted molar refractivity (Wildman–Crippen MR) is 108 cm³/mol. The molecule has 1 aromatic heterocycles. The summed E-state index contributed by atoms with van der Waals surface area (Å²) in [6.45, 7) is 3.00. The van der Waals surface area contributed by atoms with Crippen LogP contribution in [0.1, 0.15) is 33.4 Å². The van der Waals surface area contributed by atoms with E-state index in [1.165, 1.54) is 43.5 Å². The van der Waals surface area contributed by atoms with Crippen LogP contribution in [0.5, 0.6) is 0 Å². The number of ether oxygens (including phenoxy) is 1. The van der Waals surface area contributed by atoms with Crippen molar-refractivity contribution < 1.29 is 27.9 Å². The van der Waals surface area contributed by atoms with Gasteiger partial charge in [0.05, 0.1) is 17.5 Å². The van der Waals surface area contributed by atoms with Crippen molar-refractivity contribution in [2.24, 2.45) is 0 Å². The smallest absolute Gasteiger partial charge is 0.341 e. The quantitative estimate of drug-likeness (QED) is 0.595. The van der Waals surface area contributed by atoms with Crippen LogP contribution in [0, 0.1) is 12.7 Å². The van der Waals surface area contributed by atoms with Crippen molar-refractivity contribution in [2.45, 2.75) is 20.0 Å². The highest BCUT2D eigenvalue weighted by atomic mass is 19.1. The molecule has 2 N–H and O–H groups in total. The number of para-hydroxylation sites is 1. The largest absolute Gasteiger partial charge is 0.459 e. The third-order valence-corrected chi connectivity index (χ3v) is 4.23. The molecule has 0 bridgehead atoms. The van der Waals surface area contributed by atoms with Gasteiger partial charge in [0.15, 0.2) is 11.9 Å². The van der Waals surface area contributed by atoms with Gasteiger partial charge in [-0.15, -0.1) is 0 Å². The van der Waals surface area contributed by atoms with Crippen molar-refractivity contribution in [3.05, 3.63) is 83.6 Å². The number of furan rings is 1. The molecule has 0 aliphatic heterocycles. The molecule has 0 aliphatic carbocycles. The van der Waals surface area contributed by atoms with E-state index in [0.717, 1.165) is 0 Å². The van der Waals surface area contributed by atoms with Crippen molar-refractivity contribution in [1.29, 1.82) is 0 Å². The van der Waals surface area contributed by atoms with Gasteiger partial charge in [0, 0.05) is 5.69 Å². The molecule has 0 aliphatic rings. The summed E-state index contributed by atoms with van der Waals surface area (Å²) in [5.74, 6) is -2.34. The minimum atomic E-state index is -1.16. The second kappa shape index (κ2) is 9.04. The van der Waals surface area contributed by atoms with Crippen LogP contribution in [0.3, 0.4) is 0 Å². The summed E-state index contributed by atoms with van der Waals surface area (Å²) in [5, 5.41) is 5.07. The SMILES string of the molecule is Cc1ccc(NC(=O)[C@@H](C)OC(=O)c2ccccc2NC(=O)c2ccco2)cc1F. The molecule has 0 saturated heterocycles. The van der Waals surface area contributed by atoms with Gasteiger partial charge in [0.2, 0.25) is 0 Å². The molecule has 3 rings (SSSR count). The van der Waals surface area contributed by atoms with Gasteiger partial charge >= 0.3 is 5.97 Å². The van der Waals surface area contributed by atoms with Crippen LogP contribution < -0.4 is 10.6 Å². The molecule has 2 aromatic carbocycles. The van der Waals surface area contributed by atoms with E-state index in [1.54, 1.807) is 31.2 Å². The number of esters is 1. The average Bonchev–Trinajstić information content (AvgIpc) is 3.26. The molecule has 0 unspecified atom stereocenters. The Morgan fingerprint density at radius 2 is 1.80 bits per heavy atom. The van der Waals surface area contributed by atoms with E-state index >= 15 is 0 Å².